The standard InChI is InChI=1S/C27H21Cl2NO7/c1-34-17-6-4-15(5-7-17)23-22(24(31)16-10-18(28)26(35-2)19(29)11-16)25(32)27(33)30(23)12-14-3-8-20-21(9-14)37-13-36-20/h3-11,23,31H,12-13H2,1-2H3/b24-22+. The van der Waals surface area contributed by atoms with E-state index in [0.29, 0.717) is 22.8 Å². The van der Waals surface area contributed by atoms with Crippen LogP contribution in [-0.4, -0.2) is 42.7 Å². The lowest BCUT2D eigenvalue weighted by Crippen LogP contribution is -2.29. The Morgan fingerprint density at radius 2 is 1.65 bits per heavy atom. The summed E-state index contributed by atoms with van der Waals surface area (Å²) < 4.78 is 21.3. The van der Waals surface area contributed by atoms with Crippen LogP contribution in [0.3, 0.4) is 0 Å². The molecule has 1 saturated heterocycles. The number of ether oxygens (including phenoxy) is 4. The Morgan fingerprint density at radius 3 is 2.30 bits per heavy atom. The molecule has 2 aliphatic rings. The third-order valence-electron chi connectivity index (χ3n) is 6.24. The van der Waals surface area contributed by atoms with Gasteiger partial charge in [-0.3, -0.25) is 9.59 Å². The van der Waals surface area contributed by atoms with Gasteiger partial charge in [0.2, 0.25) is 6.79 Å². The van der Waals surface area contributed by atoms with Crippen LogP contribution in [0.5, 0.6) is 23.0 Å². The average Bonchev–Trinajstić information content (AvgIpc) is 3.46. The van der Waals surface area contributed by atoms with E-state index in [1.165, 1.54) is 31.3 Å². The number of aliphatic hydroxyl groups excluding tert-OH is 1. The van der Waals surface area contributed by atoms with Crippen LogP contribution in [0, 0.1) is 0 Å². The average molecular weight is 542 g/mol. The third kappa shape index (κ3) is 4.43. The van der Waals surface area contributed by atoms with Crippen LogP contribution in [0.4, 0.5) is 0 Å². The van der Waals surface area contributed by atoms with Crippen molar-refractivity contribution in [2.24, 2.45) is 0 Å². The zero-order valence-corrected chi connectivity index (χ0v) is 21.3. The SMILES string of the molecule is COc1ccc(C2/C(=C(\O)c3cc(Cl)c(OC)c(Cl)c3)C(=O)C(=O)N2Cc2ccc3c(c2)OCO3)cc1. The van der Waals surface area contributed by atoms with Gasteiger partial charge in [-0.25, -0.2) is 0 Å². The largest absolute Gasteiger partial charge is 0.507 e. The molecule has 10 heteroatoms. The van der Waals surface area contributed by atoms with E-state index in [0.717, 1.165) is 5.56 Å². The molecule has 0 aliphatic carbocycles. The lowest BCUT2D eigenvalue weighted by Gasteiger charge is -2.25. The zero-order valence-electron chi connectivity index (χ0n) is 19.8. The number of methoxy groups -OCH3 is 2. The maximum absolute atomic E-state index is 13.3. The number of halogens is 2. The minimum atomic E-state index is -0.893. The van der Waals surface area contributed by atoms with E-state index in [1.54, 1.807) is 42.5 Å². The molecule has 2 aliphatic heterocycles. The van der Waals surface area contributed by atoms with E-state index >= 15 is 0 Å². The highest BCUT2D eigenvalue weighted by molar-refractivity contribution is 6.46. The number of benzene rings is 3. The van der Waals surface area contributed by atoms with Crippen LogP contribution >= 0.6 is 23.2 Å². The number of nitrogens with zero attached hydrogens (tertiary/aromatic N) is 1. The highest BCUT2D eigenvalue weighted by Gasteiger charge is 2.46. The summed E-state index contributed by atoms with van der Waals surface area (Å²) in [5.41, 5.74) is 1.41. The van der Waals surface area contributed by atoms with E-state index < -0.39 is 23.5 Å². The molecule has 3 aromatic rings. The molecule has 1 amide bonds. The molecule has 1 fully saturated rings. The first-order chi connectivity index (χ1) is 17.8. The zero-order chi connectivity index (χ0) is 26.3. The number of hydrogen-bond donors (Lipinski definition) is 1. The molecule has 8 nitrogen and oxygen atoms in total. The van der Waals surface area contributed by atoms with Gasteiger partial charge in [-0.2, -0.15) is 0 Å². The monoisotopic (exact) mass is 541 g/mol. The number of Topliss-reactive ketones (excluding diaryl/α,β-unsaturated/α-hetero) is 1. The molecule has 0 bridgehead atoms. The van der Waals surface area contributed by atoms with Crippen molar-refractivity contribution in [1.29, 1.82) is 0 Å². The molecule has 190 valence electrons. The molecular weight excluding hydrogens is 521 g/mol. The topological polar surface area (TPSA) is 94.5 Å². The Morgan fingerprint density at radius 1 is 0.973 bits per heavy atom. The second-order valence-electron chi connectivity index (χ2n) is 8.36. The predicted molar refractivity (Wildman–Crippen MR) is 136 cm³/mol. The van der Waals surface area contributed by atoms with E-state index in [2.05, 4.69) is 0 Å². The van der Waals surface area contributed by atoms with Crippen LogP contribution in [0.25, 0.3) is 5.76 Å². The summed E-state index contributed by atoms with van der Waals surface area (Å²) in [6.07, 6.45) is 0. The molecule has 1 unspecified atom stereocenters. The van der Waals surface area contributed by atoms with Gasteiger partial charge in [-0.15, -0.1) is 0 Å². The molecule has 0 spiro atoms. The number of fused-ring (bicyclic) bond motifs is 1. The smallest absolute Gasteiger partial charge is 0.295 e. The van der Waals surface area contributed by atoms with Crippen LogP contribution in [0.2, 0.25) is 10.0 Å². The molecule has 2 heterocycles. The van der Waals surface area contributed by atoms with Crippen molar-refractivity contribution in [1.82, 2.24) is 4.90 Å². The number of carbonyl (C=O) groups is 2. The van der Waals surface area contributed by atoms with E-state index in [1.807, 2.05) is 0 Å². The van der Waals surface area contributed by atoms with Gasteiger partial charge in [0.25, 0.3) is 11.7 Å². The summed E-state index contributed by atoms with van der Waals surface area (Å²) in [6.45, 7) is 0.195. The Kier molecular flexibility index (Phi) is 6.62. The number of hydrogen-bond acceptors (Lipinski definition) is 7. The quantitative estimate of drug-likeness (QED) is 0.255. The summed E-state index contributed by atoms with van der Waals surface area (Å²) in [5, 5.41) is 11.6. The molecule has 5 rings (SSSR count). The first kappa shape index (κ1) is 24.8. The van der Waals surface area contributed by atoms with E-state index in [9.17, 15) is 14.7 Å². The number of aliphatic hydroxyl groups is 1. The van der Waals surface area contributed by atoms with Crippen molar-refractivity contribution >= 4 is 40.7 Å². The molecule has 0 radical (unpaired) electrons. The third-order valence-corrected chi connectivity index (χ3v) is 6.80. The minimum Gasteiger partial charge on any atom is -0.507 e. The second-order valence-corrected chi connectivity index (χ2v) is 9.18. The van der Waals surface area contributed by atoms with Crippen LogP contribution < -0.4 is 18.9 Å². The summed E-state index contributed by atoms with van der Waals surface area (Å²) in [5.74, 6) is -0.00455. The van der Waals surface area contributed by atoms with Crippen molar-refractivity contribution in [2.45, 2.75) is 12.6 Å². The molecular formula is C27H21Cl2NO7. The van der Waals surface area contributed by atoms with Gasteiger partial charge in [0.1, 0.15) is 11.5 Å². The highest BCUT2D eigenvalue weighted by Crippen LogP contribution is 2.43. The Balaban J connectivity index is 1.63. The van der Waals surface area contributed by atoms with Gasteiger partial charge in [0.05, 0.1) is 35.9 Å². The van der Waals surface area contributed by atoms with Crippen LogP contribution in [0.15, 0.2) is 60.2 Å². The Bertz CT molecular complexity index is 1410. The van der Waals surface area contributed by atoms with Crippen LogP contribution in [-0.2, 0) is 16.1 Å². The maximum atomic E-state index is 13.3. The summed E-state index contributed by atoms with van der Waals surface area (Å²) in [7, 11) is 2.95. The molecule has 0 aromatic heterocycles. The first-order valence-electron chi connectivity index (χ1n) is 11.2. The Labute approximate surface area is 222 Å². The summed E-state index contributed by atoms with van der Waals surface area (Å²) in [4.78, 5) is 28.1. The van der Waals surface area contributed by atoms with Gasteiger partial charge in [-0.1, -0.05) is 41.4 Å². The first-order valence-corrected chi connectivity index (χ1v) is 11.9. The lowest BCUT2D eigenvalue weighted by molar-refractivity contribution is -0.140. The molecule has 37 heavy (non-hydrogen) atoms. The van der Waals surface area contributed by atoms with Gasteiger partial charge < -0.3 is 29.0 Å². The number of rotatable bonds is 6. The van der Waals surface area contributed by atoms with Crippen molar-refractivity contribution in [3.63, 3.8) is 0 Å². The van der Waals surface area contributed by atoms with Gasteiger partial charge in [0, 0.05) is 12.1 Å². The minimum absolute atomic E-state index is 0.0822. The van der Waals surface area contributed by atoms with Crippen molar-refractivity contribution in [2.75, 3.05) is 21.0 Å². The Hall–Kier alpha value is -3.88. The summed E-state index contributed by atoms with van der Waals surface area (Å²) >= 11 is 12.6. The number of amides is 1. The molecule has 0 saturated carbocycles. The fourth-order valence-electron chi connectivity index (χ4n) is 4.46. The number of likely N-dealkylation sites (tertiary alicyclic amines) is 1. The fourth-order valence-corrected chi connectivity index (χ4v) is 5.10. The predicted octanol–water partition coefficient (Wildman–Crippen LogP) is 5.36. The van der Waals surface area contributed by atoms with Crippen molar-refractivity contribution in [3.05, 3.63) is 86.9 Å². The number of carbonyl (C=O) groups excluding carboxylic acids is 2. The van der Waals surface area contributed by atoms with E-state index in [-0.39, 0.29) is 40.3 Å². The van der Waals surface area contributed by atoms with Gasteiger partial charge in [0.15, 0.2) is 17.2 Å². The van der Waals surface area contributed by atoms with Crippen molar-refractivity contribution < 1.29 is 33.6 Å². The van der Waals surface area contributed by atoms with Gasteiger partial charge >= 0.3 is 0 Å². The summed E-state index contributed by atoms with van der Waals surface area (Å²) in [6, 6.07) is 14.2. The van der Waals surface area contributed by atoms with E-state index in [4.69, 9.17) is 42.1 Å². The second kappa shape index (κ2) is 9.88. The van der Waals surface area contributed by atoms with Crippen LogP contribution in [0.1, 0.15) is 22.7 Å². The molecule has 1 atom stereocenters. The number of ketones is 1. The fraction of sp³-hybridized carbons (Fsp3) is 0.185. The molecule has 3 aromatic carbocycles. The maximum Gasteiger partial charge on any atom is 0.295 e. The molecule has 1 N–H and O–H groups in total. The van der Waals surface area contributed by atoms with Gasteiger partial charge in [-0.05, 0) is 47.5 Å². The van der Waals surface area contributed by atoms with Crippen molar-refractivity contribution in [3.8, 4) is 23.0 Å². The normalized spacial score (nSPS) is 17.8. The highest BCUT2D eigenvalue weighted by atomic mass is 35.5. The lowest BCUT2D eigenvalue weighted by atomic mass is 9.95.